The predicted octanol–water partition coefficient (Wildman–Crippen LogP) is 2.56. The van der Waals surface area contributed by atoms with Crippen molar-refractivity contribution in [3.8, 4) is 0 Å². The largest absolute Gasteiger partial charge is 0.377 e. The molecule has 148 valence electrons. The monoisotopic (exact) mass is 475 g/mol. The van der Waals surface area contributed by atoms with E-state index in [4.69, 9.17) is 4.74 Å². The summed E-state index contributed by atoms with van der Waals surface area (Å²) in [5.74, 6) is 0.853. The summed E-state index contributed by atoms with van der Waals surface area (Å²) >= 11 is 0. The molecule has 6 nitrogen and oxygen atoms in total. The number of nitrogens with zero attached hydrogens (tertiary/aromatic N) is 3. The van der Waals surface area contributed by atoms with Crippen molar-refractivity contribution in [2.75, 3.05) is 33.3 Å². The lowest BCUT2D eigenvalue weighted by Crippen LogP contribution is -2.49. The molecule has 0 atom stereocenters. The van der Waals surface area contributed by atoms with Crippen LogP contribution in [0.2, 0.25) is 0 Å². The molecule has 0 unspecified atom stereocenters. The Morgan fingerprint density at radius 2 is 2.12 bits per heavy atom. The Hall–Kier alpha value is -0.930. The molecule has 1 saturated heterocycles. The van der Waals surface area contributed by atoms with Crippen molar-refractivity contribution in [1.29, 1.82) is 0 Å². The number of hydrogen-bond acceptors (Lipinski definition) is 4. The van der Waals surface area contributed by atoms with Crippen LogP contribution in [0.25, 0.3) is 0 Å². The van der Waals surface area contributed by atoms with Crippen LogP contribution in [0.4, 0.5) is 0 Å². The summed E-state index contributed by atoms with van der Waals surface area (Å²) in [6.07, 6.45) is 4.41. The fourth-order valence-corrected chi connectivity index (χ4v) is 2.98. The molecule has 2 rings (SSSR count). The molecule has 0 spiro atoms. The van der Waals surface area contributed by atoms with Gasteiger partial charge in [-0.1, -0.05) is 6.07 Å². The molecule has 0 amide bonds. The number of aliphatic imine (C=N–C) groups is 1. The summed E-state index contributed by atoms with van der Waals surface area (Å²) in [6.45, 7) is 11.0. The third-order valence-electron chi connectivity index (χ3n) is 4.55. The molecule has 0 bridgehead atoms. The van der Waals surface area contributed by atoms with Crippen molar-refractivity contribution >= 4 is 29.9 Å². The molecule has 1 aromatic heterocycles. The fraction of sp³-hybridized carbons (Fsp3) is 0.684. The molecule has 1 aliphatic rings. The number of halogens is 1. The summed E-state index contributed by atoms with van der Waals surface area (Å²) in [5.41, 5.74) is 2.26. The topological polar surface area (TPSA) is 61.8 Å². The maximum atomic E-state index is 5.64. The number of guanidine groups is 1. The van der Waals surface area contributed by atoms with Gasteiger partial charge in [0.1, 0.15) is 0 Å². The van der Waals surface area contributed by atoms with E-state index in [2.05, 4.69) is 52.3 Å². The van der Waals surface area contributed by atoms with E-state index >= 15 is 0 Å². The second-order valence-electron chi connectivity index (χ2n) is 6.87. The van der Waals surface area contributed by atoms with Gasteiger partial charge in [0.2, 0.25) is 0 Å². The van der Waals surface area contributed by atoms with Crippen LogP contribution in [0.15, 0.2) is 23.3 Å². The molecule has 7 heteroatoms. The van der Waals surface area contributed by atoms with Gasteiger partial charge in [0.25, 0.3) is 0 Å². The van der Waals surface area contributed by atoms with Crippen molar-refractivity contribution in [1.82, 2.24) is 20.5 Å². The van der Waals surface area contributed by atoms with Crippen molar-refractivity contribution in [2.24, 2.45) is 4.99 Å². The van der Waals surface area contributed by atoms with Crippen molar-refractivity contribution < 1.29 is 4.74 Å². The van der Waals surface area contributed by atoms with E-state index in [1.54, 1.807) is 0 Å². The lowest BCUT2D eigenvalue weighted by atomic mass is 10.1. The van der Waals surface area contributed by atoms with Crippen LogP contribution >= 0.6 is 24.0 Å². The molecular formula is C19H34IN5O. The molecule has 2 heterocycles. The van der Waals surface area contributed by atoms with E-state index in [9.17, 15) is 0 Å². The number of pyridine rings is 1. The van der Waals surface area contributed by atoms with Crippen molar-refractivity contribution in [3.05, 3.63) is 29.6 Å². The fourth-order valence-electron chi connectivity index (χ4n) is 2.98. The first-order valence-electron chi connectivity index (χ1n) is 9.30. The highest BCUT2D eigenvalue weighted by molar-refractivity contribution is 14.0. The third-order valence-corrected chi connectivity index (χ3v) is 4.55. The van der Waals surface area contributed by atoms with Gasteiger partial charge in [0, 0.05) is 38.9 Å². The third kappa shape index (κ3) is 8.18. The zero-order chi connectivity index (χ0) is 18.1. The number of rotatable bonds is 7. The first kappa shape index (κ1) is 23.1. The zero-order valence-corrected chi connectivity index (χ0v) is 18.8. The second kappa shape index (κ2) is 12.5. The lowest BCUT2D eigenvalue weighted by Gasteiger charge is -2.33. The zero-order valence-electron chi connectivity index (χ0n) is 16.5. The van der Waals surface area contributed by atoms with Gasteiger partial charge in [-0.05, 0) is 45.2 Å². The smallest absolute Gasteiger partial charge is 0.191 e. The van der Waals surface area contributed by atoms with Crippen molar-refractivity contribution in [3.63, 3.8) is 0 Å². The van der Waals surface area contributed by atoms with Gasteiger partial charge in [-0.25, -0.2) is 0 Å². The van der Waals surface area contributed by atoms with Gasteiger partial charge < -0.3 is 20.3 Å². The average Bonchev–Trinajstić information content (AvgIpc) is 2.61. The van der Waals surface area contributed by atoms with Crippen molar-refractivity contribution in [2.45, 2.75) is 52.3 Å². The molecule has 1 aromatic rings. The molecule has 0 aromatic carbocycles. The Balaban J connectivity index is 0.00000338. The molecule has 26 heavy (non-hydrogen) atoms. The number of ether oxygens (including phenoxy) is 1. The highest BCUT2D eigenvalue weighted by atomic mass is 127. The number of aromatic nitrogens is 1. The van der Waals surface area contributed by atoms with Gasteiger partial charge in [0.05, 0.1) is 24.9 Å². The van der Waals surface area contributed by atoms with Gasteiger partial charge in [-0.15, -0.1) is 24.0 Å². The average molecular weight is 475 g/mol. The standard InChI is InChI=1S/C19H33N5O.HI/c1-15(2)25-13-12-24-10-7-17(8-11-24)23-19(20-4)22-14-18-16(3)6-5-9-21-18;/h5-6,9,15,17H,7-8,10-14H2,1-4H3,(H2,20,22,23);1H. The van der Waals surface area contributed by atoms with Crippen LogP contribution in [0.1, 0.15) is 37.9 Å². The van der Waals surface area contributed by atoms with E-state index in [-0.39, 0.29) is 24.0 Å². The molecular weight excluding hydrogens is 441 g/mol. The first-order valence-corrected chi connectivity index (χ1v) is 9.30. The lowest BCUT2D eigenvalue weighted by molar-refractivity contribution is 0.0532. The number of piperidine rings is 1. The minimum atomic E-state index is 0. The summed E-state index contributed by atoms with van der Waals surface area (Å²) < 4.78 is 5.64. The quantitative estimate of drug-likeness (QED) is 0.361. The van der Waals surface area contributed by atoms with E-state index in [0.717, 1.165) is 50.7 Å². The number of likely N-dealkylation sites (tertiary alicyclic amines) is 1. The Bertz CT molecular complexity index is 544. The highest BCUT2D eigenvalue weighted by Crippen LogP contribution is 2.10. The van der Waals surface area contributed by atoms with Crippen LogP contribution in [0.5, 0.6) is 0 Å². The minimum absolute atomic E-state index is 0. The predicted molar refractivity (Wildman–Crippen MR) is 118 cm³/mol. The van der Waals surface area contributed by atoms with Crippen LogP contribution in [0, 0.1) is 6.92 Å². The van der Waals surface area contributed by atoms with Gasteiger partial charge >= 0.3 is 0 Å². The molecule has 1 fully saturated rings. The number of aryl methyl sites for hydroxylation is 1. The number of hydrogen-bond donors (Lipinski definition) is 2. The summed E-state index contributed by atoms with van der Waals surface area (Å²) in [5, 5.41) is 6.92. The van der Waals surface area contributed by atoms with Crippen LogP contribution in [-0.4, -0.2) is 61.3 Å². The molecule has 1 aliphatic heterocycles. The van der Waals surface area contributed by atoms with E-state index in [1.165, 1.54) is 5.56 Å². The van der Waals surface area contributed by atoms with Crippen LogP contribution in [0.3, 0.4) is 0 Å². The molecule has 0 radical (unpaired) electrons. The molecule has 2 N–H and O–H groups in total. The Labute approximate surface area is 175 Å². The minimum Gasteiger partial charge on any atom is -0.377 e. The first-order chi connectivity index (χ1) is 12.1. The van der Waals surface area contributed by atoms with Crippen LogP contribution in [-0.2, 0) is 11.3 Å². The maximum absolute atomic E-state index is 5.64. The SMILES string of the molecule is CN=C(NCc1ncccc1C)NC1CCN(CCOC(C)C)CC1.I. The summed E-state index contributed by atoms with van der Waals surface area (Å²) in [6, 6.07) is 4.52. The Morgan fingerprint density at radius 1 is 1.38 bits per heavy atom. The van der Waals surface area contributed by atoms with E-state index < -0.39 is 0 Å². The molecule has 0 aliphatic carbocycles. The Kier molecular flexibility index (Phi) is 11.1. The number of nitrogens with one attached hydrogen (secondary N) is 2. The normalized spacial score (nSPS) is 16.4. The molecule has 0 saturated carbocycles. The second-order valence-corrected chi connectivity index (χ2v) is 6.87. The summed E-state index contributed by atoms with van der Waals surface area (Å²) in [4.78, 5) is 11.2. The van der Waals surface area contributed by atoms with Gasteiger partial charge in [0.15, 0.2) is 5.96 Å². The summed E-state index contributed by atoms with van der Waals surface area (Å²) in [7, 11) is 1.82. The van der Waals surface area contributed by atoms with Crippen LogP contribution < -0.4 is 10.6 Å². The van der Waals surface area contributed by atoms with E-state index in [1.807, 2.05) is 19.3 Å². The Morgan fingerprint density at radius 3 is 2.73 bits per heavy atom. The van der Waals surface area contributed by atoms with Gasteiger partial charge in [-0.2, -0.15) is 0 Å². The maximum Gasteiger partial charge on any atom is 0.191 e. The van der Waals surface area contributed by atoms with E-state index in [0.29, 0.717) is 18.7 Å². The van der Waals surface area contributed by atoms with Gasteiger partial charge in [-0.3, -0.25) is 9.98 Å². The highest BCUT2D eigenvalue weighted by Gasteiger charge is 2.19.